The minimum absolute atomic E-state index is 0.0298. The average molecular weight is 645 g/mol. The van der Waals surface area contributed by atoms with Crippen LogP contribution in [0.5, 0.6) is 0 Å². The Morgan fingerprint density at radius 2 is 1.49 bits per heavy atom. The van der Waals surface area contributed by atoms with Crippen LogP contribution in [0.15, 0.2) is 102 Å². The monoisotopic (exact) mass is 643 g/mol. The molecule has 3 amide bonds. The van der Waals surface area contributed by atoms with Crippen molar-refractivity contribution in [1.29, 1.82) is 0 Å². The number of hydrogen-bond donors (Lipinski definition) is 3. The Balaban J connectivity index is 1.43. The SMILES string of the molecule is O=C(CSc1ccc(NC(=O)/C(=C/c2cccc(Cl)c2Cl)NC(=O)c2ccccc2)cc1)Nc1cc(Cl)ccc1Cl. The Labute approximate surface area is 261 Å². The molecule has 11 heteroatoms. The van der Waals surface area contributed by atoms with E-state index in [9.17, 15) is 14.4 Å². The van der Waals surface area contributed by atoms with Crippen LogP contribution in [0.4, 0.5) is 11.4 Å². The van der Waals surface area contributed by atoms with Gasteiger partial charge in [0.05, 0.1) is 26.5 Å². The van der Waals surface area contributed by atoms with Gasteiger partial charge in [0.15, 0.2) is 0 Å². The van der Waals surface area contributed by atoms with Crippen LogP contribution in [-0.4, -0.2) is 23.5 Å². The van der Waals surface area contributed by atoms with Crippen molar-refractivity contribution in [2.45, 2.75) is 4.90 Å². The molecule has 41 heavy (non-hydrogen) atoms. The van der Waals surface area contributed by atoms with Gasteiger partial charge in [-0.25, -0.2) is 0 Å². The highest BCUT2D eigenvalue weighted by Crippen LogP contribution is 2.28. The second-order valence-corrected chi connectivity index (χ2v) is 11.1. The number of anilines is 2. The van der Waals surface area contributed by atoms with E-state index in [-0.39, 0.29) is 22.4 Å². The molecule has 4 aromatic carbocycles. The van der Waals surface area contributed by atoms with Crippen molar-refractivity contribution >= 4 is 93.3 Å². The van der Waals surface area contributed by atoms with Crippen LogP contribution >= 0.6 is 58.2 Å². The molecule has 0 aliphatic rings. The van der Waals surface area contributed by atoms with E-state index in [2.05, 4.69) is 16.0 Å². The molecule has 0 saturated heterocycles. The number of thioether (sulfide) groups is 1. The summed E-state index contributed by atoms with van der Waals surface area (Å²) in [6.45, 7) is 0. The summed E-state index contributed by atoms with van der Waals surface area (Å²) in [5, 5.41) is 9.58. The zero-order valence-corrected chi connectivity index (χ0v) is 24.9. The fourth-order valence-corrected chi connectivity index (χ4v) is 4.89. The van der Waals surface area contributed by atoms with Gasteiger partial charge in [0, 0.05) is 21.2 Å². The highest BCUT2D eigenvalue weighted by Gasteiger charge is 2.16. The molecule has 0 aliphatic carbocycles. The van der Waals surface area contributed by atoms with E-state index in [1.165, 1.54) is 17.8 Å². The van der Waals surface area contributed by atoms with Gasteiger partial charge in [-0.3, -0.25) is 14.4 Å². The molecule has 3 N–H and O–H groups in total. The molecule has 0 radical (unpaired) electrons. The summed E-state index contributed by atoms with van der Waals surface area (Å²) in [6, 6.07) is 25.2. The molecule has 4 aromatic rings. The number of benzene rings is 4. The fourth-order valence-electron chi connectivity index (χ4n) is 3.49. The van der Waals surface area contributed by atoms with Crippen LogP contribution in [0.2, 0.25) is 20.1 Å². The third-order valence-corrected chi connectivity index (χ3v) is 7.90. The molecule has 0 unspecified atom stereocenters. The van der Waals surface area contributed by atoms with Gasteiger partial charge >= 0.3 is 0 Å². The van der Waals surface area contributed by atoms with Crippen LogP contribution in [0.3, 0.4) is 0 Å². The van der Waals surface area contributed by atoms with E-state index in [0.717, 1.165) is 4.90 Å². The second kappa shape index (κ2) is 14.4. The zero-order valence-electron chi connectivity index (χ0n) is 21.1. The van der Waals surface area contributed by atoms with Crippen molar-refractivity contribution < 1.29 is 14.4 Å². The van der Waals surface area contributed by atoms with Crippen LogP contribution < -0.4 is 16.0 Å². The van der Waals surface area contributed by atoms with Crippen LogP contribution in [0, 0.1) is 0 Å². The number of amides is 3. The first-order chi connectivity index (χ1) is 19.7. The van der Waals surface area contributed by atoms with Crippen molar-refractivity contribution in [2.75, 3.05) is 16.4 Å². The number of carbonyl (C=O) groups is 3. The second-order valence-electron chi connectivity index (χ2n) is 8.46. The Morgan fingerprint density at radius 3 is 2.22 bits per heavy atom. The Morgan fingerprint density at radius 1 is 0.756 bits per heavy atom. The third kappa shape index (κ3) is 8.76. The Bertz CT molecular complexity index is 1610. The van der Waals surface area contributed by atoms with Crippen molar-refractivity contribution in [3.05, 3.63) is 128 Å². The van der Waals surface area contributed by atoms with E-state index in [1.54, 1.807) is 91.0 Å². The van der Waals surface area contributed by atoms with Gasteiger partial charge in [-0.2, -0.15) is 0 Å². The summed E-state index contributed by atoms with van der Waals surface area (Å²) in [4.78, 5) is 39.3. The minimum atomic E-state index is -0.566. The normalized spacial score (nSPS) is 11.1. The Hall–Kier alpha value is -3.46. The van der Waals surface area contributed by atoms with Gasteiger partial charge in [-0.05, 0) is 72.3 Å². The third-order valence-electron chi connectivity index (χ3n) is 5.49. The largest absolute Gasteiger partial charge is 0.324 e. The first kappa shape index (κ1) is 30.5. The Kier molecular flexibility index (Phi) is 10.7. The van der Waals surface area contributed by atoms with Gasteiger partial charge < -0.3 is 16.0 Å². The van der Waals surface area contributed by atoms with E-state index in [4.69, 9.17) is 46.4 Å². The van der Waals surface area contributed by atoms with Crippen LogP contribution in [-0.2, 0) is 9.59 Å². The molecule has 0 spiro atoms. The number of rotatable bonds is 9. The maximum atomic E-state index is 13.3. The molecular weight excluding hydrogens is 624 g/mol. The molecule has 0 saturated carbocycles. The molecule has 6 nitrogen and oxygen atoms in total. The van der Waals surface area contributed by atoms with Crippen molar-refractivity contribution in [1.82, 2.24) is 5.32 Å². The lowest BCUT2D eigenvalue weighted by molar-refractivity contribution is -0.114. The maximum Gasteiger partial charge on any atom is 0.272 e. The van der Waals surface area contributed by atoms with Gasteiger partial charge in [0.25, 0.3) is 11.8 Å². The fraction of sp³-hybridized carbons (Fsp3) is 0.0333. The summed E-state index contributed by atoms with van der Waals surface area (Å²) >= 11 is 25.8. The molecule has 0 atom stereocenters. The smallest absolute Gasteiger partial charge is 0.272 e. The topological polar surface area (TPSA) is 87.3 Å². The summed E-state index contributed by atoms with van der Waals surface area (Å²) < 4.78 is 0. The molecule has 0 heterocycles. The summed E-state index contributed by atoms with van der Waals surface area (Å²) in [6.07, 6.45) is 1.46. The summed E-state index contributed by atoms with van der Waals surface area (Å²) in [5.41, 5.74) is 1.72. The summed E-state index contributed by atoms with van der Waals surface area (Å²) in [7, 11) is 0. The highest BCUT2D eigenvalue weighted by atomic mass is 35.5. The lowest BCUT2D eigenvalue weighted by atomic mass is 10.1. The average Bonchev–Trinajstić information content (AvgIpc) is 2.97. The van der Waals surface area contributed by atoms with Crippen molar-refractivity contribution in [3.63, 3.8) is 0 Å². The molecule has 4 rings (SSSR count). The highest BCUT2D eigenvalue weighted by molar-refractivity contribution is 8.00. The first-order valence-electron chi connectivity index (χ1n) is 12.0. The predicted molar refractivity (Wildman–Crippen MR) is 169 cm³/mol. The van der Waals surface area contributed by atoms with Gasteiger partial charge in [0.1, 0.15) is 5.70 Å². The molecule has 0 aromatic heterocycles. The zero-order chi connectivity index (χ0) is 29.4. The first-order valence-corrected chi connectivity index (χ1v) is 14.5. The van der Waals surface area contributed by atoms with Gasteiger partial charge in [0.2, 0.25) is 5.91 Å². The lowest BCUT2D eigenvalue weighted by Crippen LogP contribution is -2.30. The molecule has 0 fully saturated rings. The molecule has 0 bridgehead atoms. The van der Waals surface area contributed by atoms with Crippen molar-refractivity contribution in [3.8, 4) is 0 Å². The summed E-state index contributed by atoms with van der Waals surface area (Å²) in [5.74, 6) is -1.15. The van der Waals surface area contributed by atoms with E-state index in [0.29, 0.717) is 37.6 Å². The van der Waals surface area contributed by atoms with Crippen molar-refractivity contribution in [2.24, 2.45) is 0 Å². The van der Waals surface area contributed by atoms with Gasteiger partial charge in [-0.15, -0.1) is 11.8 Å². The quantitative estimate of drug-likeness (QED) is 0.126. The molecular formula is C30H21Cl4N3O3S. The lowest BCUT2D eigenvalue weighted by Gasteiger charge is -2.12. The number of halogens is 4. The van der Waals surface area contributed by atoms with E-state index in [1.807, 2.05) is 0 Å². The van der Waals surface area contributed by atoms with Gasteiger partial charge in [-0.1, -0.05) is 76.7 Å². The maximum absolute atomic E-state index is 13.3. The van der Waals surface area contributed by atoms with Crippen LogP contribution in [0.1, 0.15) is 15.9 Å². The van der Waals surface area contributed by atoms with E-state index < -0.39 is 11.8 Å². The van der Waals surface area contributed by atoms with E-state index >= 15 is 0 Å². The standard InChI is InChI=1S/C30H21Cl4N3O3S/c31-20-9-14-23(32)25(16-20)36-27(38)17-41-22-12-10-21(11-13-22)35-30(40)26(15-19-7-4-8-24(33)28(19)34)37-29(39)18-5-2-1-3-6-18/h1-16H,17H2,(H,35,40)(H,36,38)(H,37,39)/b26-15-. The number of hydrogen-bond acceptors (Lipinski definition) is 4. The van der Waals surface area contributed by atoms with Crippen LogP contribution in [0.25, 0.3) is 6.08 Å². The molecule has 0 aliphatic heterocycles. The minimum Gasteiger partial charge on any atom is -0.324 e. The predicted octanol–water partition coefficient (Wildman–Crippen LogP) is 8.44. The number of nitrogens with one attached hydrogen (secondary N) is 3. The molecule has 208 valence electrons. The number of carbonyl (C=O) groups excluding carboxylic acids is 3.